The summed E-state index contributed by atoms with van der Waals surface area (Å²) in [6.07, 6.45) is 4.71. The van der Waals surface area contributed by atoms with Gasteiger partial charge in [-0.15, -0.1) is 6.58 Å². The topological polar surface area (TPSA) is 40.5 Å². The first-order valence-electron chi connectivity index (χ1n) is 3.71. The van der Waals surface area contributed by atoms with E-state index in [-0.39, 0.29) is 0 Å². The maximum absolute atomic E-state index is 9.18. The van der Waals surface area contributed by atoms with E-state index in [1.807, 2.05) is 0 Å². The largest absolute Gasteiger partial charge is 0.366 e. The summed E-state index contributed by atoms with van der Waals surface area (Å²) in [6, 6.07) is 0. The van der Waals surface area contributed by atoms with Gasteiger partial charge in [0.25, 0.3) is 0 Å². The molecule has 1 atom stereocenters. The van der Waals surface area contributed by atoms with E-state index in [4.69, 9.17) is 0 Å². The highest BCUT2D eigenvalue weighted by Crippen LogP contribution is 2.30. The highest BCUT2D eigenvalue weighted by Gasteiger charge is 2.30. The van der Waals surface area contributed by atoms with Crippen molar-refractivity contribution in [3.63, 3.8) is 0 Å². The van der Waals surface area contributed by atoms with E-state index >= 15 is 0 Å². The molecule has 1 aliphatic rings. The number of rotatable bonds is 1. The van der Waals surface area contributed by atoms with E-state index < -0.39 is 5.79 Å². The molecule has 0 amide bonds. The van der Waals surface area contributed by atoms with Gasteiger partial charge < -0.3 is 10.2 Å². The van der Waals surface area contributed by atoms with Crippen molar-refractivity contribution in [2.75, 3.05) is 0 Å². The molecule has 2 N–H and O–H groups in total. The first kappa shape index (κ1) is 7.76. The Kier molecular flexibility index (Phi) is 2.11. The lowest BCUT2D eigenvalue weighted by Gasteiger charge is -2.30. The molecule has 2 heteroatoms. The predicted octanol–water partition coefficient (Wildman–Crippen LogP) is 1.04. The van der Waals surface area contributed by atoms with Crippen LogP contribution in [-0.2, 0) is 0 Å². The van der Waals surface area contributed by atoms with Crippen molar-refractivity contribution in [3.8, 4) is 0 Å². The molecular formula is C8H14O2. The van der Waals surface area contributed by atoms with Gasteiger partial charge in [0.15, 0.2) is 5.79 Å². The Balaban J connectivity index is 2.47. The number of hydrogen-bond donors (Lipinski definition) is 2. The van der Waals surface area contributed by atoms with Crippen molar-refractivity contribution < 1.29 is 10.2 Å². The Bertz CT molecular complexity index is 129. The molecule has 0 radical (unpaired) electrons. The van der Waals surface area contributed by atoms with E-state index in [2.05, 4.69) is 6.58 Å². The van der Waals surface area contributed by atoms with Gasteiger partial charge in [-0.3, -0.25) is 0 Å². The zero-order chi connectivity index (χ0) is 7.61. The normalized spacial score (nSPS) is 31.6. The van der Waals surface area contributed by atoms with E-state index in [0.717, 1.165) is 12.8 Å². The number of allylic oxidation sites excluding steroid dienone is 1. The summed E-state index contributed by atoms with van der Waals surface area (Å²) >= 11 is 0. The third kappa shape index (κ3) is 1.82. The smallest absolute Gasteiger partial charge is 0.163 e. The predicted molar refractivity (Wildman–Crippen MR) is 39.3 cm³/mol. The molecular weight excluding hydrogens is 128 g/mol. The van der Waals surface area contributed by atoms with E-state index in [1.165, 1.54) is 0 Å². The van der Waals surface area contributed by atoms with Gasteiger partial charge in [-0.1, -0.05) is 6.08 Å². The van der Waals surface area contributed by atoms with Gasteiger partial charge in [-0.05, 0) is 18.8 Å². The SMILES string of the molecule is C=CC1CCCC(O)(O)C1. The van der Waals surface area contributed by atoms with Crippen LogP contribution in [0.1, 0.15) is 25.7 Å². The van der Waals surface area contributed by atoms with Crippen LogP contribution in [0.5, 0.6) is 0 Å². The highest BCUT2D eigenvalue weighted by atomic mass is 16.5. The molecule has 0 aromatic rings. The molecule has 0 bridgehead atoms. The van der Waals surface area contributed by atoms with E-state index in [1.54, 1.807) is 6.08 Å². The van der Waals surface area contributed by atoms with Crippen molar-refractivity contribution >= 4 is 0 Å². The minimum absolute atomic E-state index is 0.295. The van der Waals surface area contributed by atoms with Gasteiger partial charge in [-0.25, -0.2) is 0 Å². The van der Waals surface area contributed by atoms with Gasteiger partial charge in [0.2, 0.25) is 0 Å². The van der Waals surface area contributed by atoms with Crippen LogP contribution in [0.15, 0.2) is 12.7 Å². The van der Waals surface area contributed by atoms with Crippen LogP contribution in [-0.4, -0.2) is 16.0 Å². The molecule has 1 unspecified atom stereocenters. The monoisotopic (exact) mass is 142 g/mol. The number of aliphatic hydroxyl groups is 2. The fourth-order valence-corrected chi connectivity index (χ4v) is 1.47. The molecule has 10 heavy (non-hydrogen) atoms. The van der Waals surface area contributed by atoms with Crippen LogP contribution in [0.2, 0.25) is 0 Å². The van der Waals surface area contributed by atoms with Gasteiger partial charge in [0, 0.05) is 12.8 Å². The van der Waals surface area contributed by atoms with Gasteiger partial charge in [0.05, 0.1) is 0 Å². The first-order valence-corrected chi connectivity index (χ1v) is 3.71. The van der Waals surface area contributed by atoms with Gasteiger partial charge in [0.1, 0.15) is 0 Å². The molecule has 1 fully saturated rings. The van der Waals surface area contributed by atoms with Crippen LogP contribution < -0.4 is 0 Å². The molecule has 0 spiro atoms. The zero-order valence-electron chi connectivity index (χ0n) is 6.08. The Hall–Kier alpha value is -0.340. The Labute approximate surface area is 61.2 Å². The summed E-state index contributed by atoms with van der Waals surface area (Å²) in [7, 11) is 0. The molecule has 1 aliphatic carbocycles. The molecule has 0 aromatic carbocycles. The second-order valence-electron chi connectivity index (χ2n) is 3.07. The Morgan fingerprint density at radius 2 is 2.20 bits per heavy atom. The van der Waals surface area contributed by atoms with Crippen LogP contribution in [0.4, 0.5) is 0 Å². The first-order chi connectivity index (χ1) is 4.64. The van der Waals surface area contributed by atoms with Crippen LogP contribution >= 0.6 is 0 Å². The second kappa shape index (κ2) is 2.72. The summed E-state index contributed by atoms with van der Waals surface area (Å²) in [5.74, 6) is -1.12. The van der Waals surface area contributed by atoms with Gasteiger partial charge in [-0.2, -0.15) is 0 Å². The molecule has 0 saturated heterocycles. The van der Waals surface area contributed by atoms with Gasteiger partial charge >= 0.3 is 0 Å². The number of hydrogen-bond acceptors (Lipinski definition) is 2. The van der Waals surface area contributed by atoms with Crippen LogP contribution in [0, 0.1) is 5.92 Å². The fraction of sp³-hybridized carbons (Fsp3) is 0.750. The van der Waals surface area contributed by atoms with E-state index in [0.29, 0.717) is 18.8 Å². The lowest BCUT2D eigenvalue weighted by Crippen LogP contribution is -2.33. The summed E-state index contributed by atoms with van der Waals surface area (Å²) < 4.78 is 0. The quantitative estimate of drug-likeness (QED) is 0.424. The molecule has 2 nitrogen and oxygen atoms in total. The molecule has 0 aliphatic heterocycles. The molecule has 0 heterocycles. The Morgan fingerprint density at radius 1 is 1.50 bits per heavy atom. The standard InChI is InChI=1S/C8H14O2/c1-2-7-4-3-5-8(9,10)6-7/h2,7,9-10H,1,3-6H2. The minimum Gasteiger partial charge on any atom is -0.366 e. The Morgan fingerprint density at radius 3 is 2.60 bits per heavy atom. The average molecular weight is 142 g/mol. The average Bonchev–Trinajstić information content (AvgIpc) is 1.86. The van der Waals surface area contributed by atoms with Crippen molar-refractivity contribution in [3.05, 3.63) is 12.7 Å². The molecule has 1 saturated carbocycles. The zero-order valence-corrected chi connectivity index (χ0v) is 6.08. The third-order valence-corrected chi connectivity index (χ3v) is 2.07. The summed E-state index contributed by atoms with van der Waals surface area (Å²) in [5.41, 5.74) is 0. The van der Waals surface area contributed by atoms with Crippen molar-refractivity contribution in [1.29, 1.82) is 0 Å². The molecule has 1 rings (SSSR count). The summed E-state index contributed by atoms with van der Waals surface area (Å²) in [5, 5.41) is 18.4. The van der Waals surface area contributed by atoms with Crippen LogP contribution in [0.3, 0.4) is 0 Å². The maximum Gasteiger partial charge on any atom is 0.163 e. The molecule has 0 aromatic heterocycles. The molecule has 58 valence electrons. The lowest BCUT2D eigenvalue weighted by atomic mass is 9.85. The summed E-state index contributed by atoms with van der Waals surface area (Å²) in [6.45, 7) is 3.63. The fourth-order valence-electron chi connectivity index (χ4n) is 1.47. The van der Waals surface area contributed by atoms with E-state index in [9.17, 15) is 10.2 Å². The van der Waals surface area contributed by atoms with Crippen LogP contribution in [0.25, 0.3) is 0 Å². The highest BCUT2D eigenvalue weighted by molar-refractivity contribution is 4.87. The lowest BCUT2D eigenvalue weighted by molar-refractivity contribution is -0.186. The van der Waals surface area contributed by atoms with Crippen molar-refractivity contribution in [2.24, 2.45) is 5.92 Å². The van der Waals surface area contributed by atoms with Crippen molar-refractivity contribution in [1.82, 2.24) is 0 Å². The second-order valence-corrected chi connectivity index (χ2v) is 3.07. The minimum atomic E-state index is -1.42. The van der Waals surface area contributed by atoms with Crippen molar-refractivity contribution in [2.45, 2.75) is 31.5 Å². The third-order valence-electron chi connectivity index (χ3n) is 2.07. The maximum atomic E-state index is 9.18. The summed E-state index contributed by atoms with van der Waals surface area (Å²) in [4.78, 5) is 0.